The van der Waals surface area contributed by atoms with E-state index in [0.29, 0.717) is 12.3 Å². The molecule has 0 saturated carbocycles. The Hall–Kier alpha value is -2.25. The molecule has 1 saturated heterocycles. The van der Waals surface area contributed by atoms with Gasteiger partial charge < -0.3 is 14.7 Å². The first-order valence-corrected chi connectivity index (χ1v) is 8.01. The van der Waals surface area contributed by atoms with E-state index < -0.39 is 6.10 Å². The zero-order valence-corrected chi connectivity index (χ0v) is 13.4. The van der Waals surface area contributed by atoms with Gasteiger partial charge in [0.25, 0.3) is 0 Å². The second-order valence-electron chi connectivity index (χ2n) is 5.76. The van der Waals surface area contributed by atoms with Gasteiger partial charge in [0, 0.05) is 45.1 Å². The van der Waals surface area contributed by atoms with Crippen LogP contribution in [0.5, 0.6) is 5.75 Å². The lowest BCUT2D eigenvalue weighted by Gasteiger charge is -2.35. The van der Waals surface area contributed by atoms with Crippen LogP contribution in [0.3, 0.4) is 0 Å². The third-order valence-electron chi connectivity index (χ3n) is 3.93. The van der Waals surface area contributed by atoms with Gasteiger partial charge in [-0.05, 0) is 30.3 Å². The van der Waals surface area contributed by atoms with E-state index in [1.54, 1.807) is 30.6 Å². The molecule has 0 amide bonds. The van der Waals surface area contributed by atoms with Crippen LogP contribution in [-0.4, -0.2) is 65.4 Å². The summed E-state index contributed by atoms with van der Waals surface area (Å²) in [6.07, 6.45) is 2.89. The second kappa shape index (κ2) is 8.03. The van der Waals surface area contributed by atoms with Crippen molar-refractivity contribution in [3.05, 3.63) is 48.5 Å². The summed E-state index contributed by atoms with van der Waals surface area (Å²) in [5.41, 5.74) is 0. The predicted molar refractivity (Wildman–Crippen MR) is 88.6 cm³/mol. The SMILES string of the molecule is OC(COc1ccc(F)cc1)CN1CCN(c2ncccn2)CC1. The van der Waals surface area contributed by atoms with Crippen molar-refractivity contribution in [1.82, 2.24) is 14.9 Å². The summed E-state index contributed by atoms with van der Waals surface area (Å²) in [5, 5.41) is 10.1. The van der Waals surface area contributed by atoms with Crippen molar-refractivity contribution < 1.29 is 14.2 Å². The number of benzene rings is 1. The normalized spacial score (nSPS) is 16.8. The Bertz CT molecular complexity index is 618. The van der Waals surface area contributed by atoms with Crippen molar-refractivity contribution in [2.45, 2.75) is 6.10 Å². The Morgan fingerprint density at radius 1 is 1.08 bits per heavy atom. The van der Waals surface area contributed by atoms with E-state index >= 15 is 0 Å². The molecule has 1 unspecified atom stereocenters. The lowest BCUT2D eigenvalue weighted by Crippen LogP contribution is -2.49. The van der Waals surface area contributed by atoms with Crippen LogP contribution >= 0.6 is 0 Å². The largest absolute Gasteiger partial charge is 0.491 e. The Balaban J connectivity index is 1.40. The number of piperazine rings is 1. The molecule has 7 heteroatoms. The van der Waals surface area contributed by atoms with Gasteiger partial charge in [-0.3, -0.25) is 4.90 Å². The van der Waals surface area contributed by atoms with Gasteiger partial charge in [-0.1, -0.05) is 0 Å². The number of hydrogen-bond donors (Lipinski definition) is 1. The maximum Gasteiger partial charge on any atom is 0.225 e. The molecule has 1 aromatic carbocycles. The Kier molecular flexibility index (Phi) is 5.55. The third-order valence-corrected chi connectivity index (χ3v) is 3.93. The Morgan fingerprint density at radius 2 is 1.75 bits per heavy atom. The predicted octanol–water partition coefficient (Wildman–Crippen LogP) is 1.18. The number of aliphatic hydroxyl groups is 1. The van der Waals surface area contributed by atoms with E-state index in [9.17, 15) is 9.50 Å². The molecule has 1 aliphatic rings. The van der Waals surface area contributed by atoms with Gasteiger partial charge in [-0.15, -0.1) is 0 Å². The number of anilines is 1. The number of nitrogens with zero attached hydrogens (tertiary/aromatic N) is 4. The molecule has 1 atom stereocenters. The topological polar surface area (TPSA) is 61.7 Å². The van der Waals surface area contributed by atoms with E-state index in [4.69, 9.17) is 4.74 Å². The fraction of sp³-hybridized carbons (Fsp3) is 0.412. The molecule has 1 N–H and O–H groups in total. The lowest BCUT2D eigenvalue weighted by molar-refractivity contribution is 0.0662. The van der Waals surface area contributed by atoms with Crippen molar-refractivity contribution in [2.24, 2.45) is 0 Å². The molecular formula is C17H21FN4O2. The molecule has 0 spiro atoms. The number of rotatable bonds is 6. The average molecular weight is 332 g/mol. The molecular weight excluding hydrogens is 311 g/mol. The minimum atomic E-state index is -0.588. The molecule has 1 aromatic heterocycles. The van der Waals surface area contributed by atoms with Gasteiger partial charge >= 0.3 is 0 Å². The molecule has 1 aliphatic heterocycles. The highest BCUT2D eigenvalue weighted by Crippen LogP contribution is 2.12. The average Bonchev–Trinajstić information content (AvgIpc) is 2.63. The summed E-state index contributed by atoms with van der Waals surface area (Å²) in [5.74, 6) is 1.00. The van der Waals surface area contributed by atoms with Crippen LogP contribution in [0.4, 0.5) is 10.3 Å². The van der Waals surface area contributed by atoms with Crippen LogP contribution in [0.25, 0.3) is 0 Å². The standard InChI is InChI=1S/C17H21FN4O2/c18-14-2-4-16(5-3-14)24-13-15(23)12-21-8-10-22(11-9-21)17-19-6-1-7-20-17/h1-7,15,23H,8-13H2. The molecule has 2 aromatic rings. The summed E-state index contributed by atoms with van der Waals surface area (Å²) < 4.78 is 18.3. The van der Waals surface area contributed by atoms with Gasteiger partial charge in [-0.25, -0.2) is 14.4 Å². The summed E-state index contributed by atoms with van der Waals surface area (Å²) in [6, 6.07) is 7.60. The Labute approximate surface area is 140 Å². The van der Waals surface area contributed by atoms with Crippen molar-refractivity contribution in [1.29, 1.82) is 0 Å². The summed E-state index contributed by atoms with van der Waals surface area (Å²) in [6.45, 7) is 4.07. The van der Waals surface area contributed by atoms with Crippen molar-refractivity contribution in [3.63, 3.8) is 0 Å². The molecule has 0 bridgehead atoms. The van der Waals surface area contributed by atoms with Crippen LogP contribution < -0.4 is 9.64 Å². The van der Waals surface area contributed by atoms with Crippen molar-refractivity contribution in [2.75, 3.05) is 44.2 Å². The summed E-state index contributed by atoms with van der Waals surface area (Å²) in [7, 11) is 0. The number of hydrogen-bond acceptors (Lipinski definition) is 6. The first kappa shape index (κ1) is 16.6. The smallest absolute Gasteiger partial charge is 0.225 e. The lowest BCUT2D eigenvalue weighted by atomic mass is 10.2. The van der Waals surface area contributed by atoms with E-state index in [1.807, 2.05) is 0 Å². The maximum atomic E-state index is 12.8. The fourth-order valence-corrected chi connectivity index (χ4v) is 2.66. The minimum Gasteiger partial charge on any atom is -0.491 e. The van der Waals surface area contributed by atoms with E-state index in [0.717, 1.165) is 32.1 Å². The summed E-state index contributed by atoms with van der Waals surface area (Å²) in [4.78, 5) is 12.8. The molecule has 3 rings (SSSR count). The van der Waals surface area contributed by atoms with Crippen LogP contribution in [0.2, 0.25) is 0 Å². The van der Waals surface area contributed by atoms with Gasteiger partial charge in [0.05, 0.1) is 0 Å². The first-order valence-electron chi connectivity index (χ1n) is 8.01. The van der Waals surface area contributed by atoms with Crippen LogP contribution in [0.15, 0.2) is 42.7 Å². The quantitative estimate of drug-likeness (QED) is 0.857. The second-order valence-corrected chi connectivity index (χ2v) is 5.76. The van der Waals surface area contributed by atoms with Crippen LogP contribution in [0, 0.1) is 5.82 Å². The third kappa shape index (κ3) is 4.62. The van der Waals surface area contributed by atoms with Gasteiger partial charge in [0.15, 0.2) is 0 Å². The van der Waals surface area contributed by atoms with Crippen LogP contribution in [-0.2, 0) is 0 Å². The van der Waals surface area contributed by atoms with E-state index in [-0.39, 0.29) is 12.4 Å². The highest BCUT2D eigenvalue weighted by atomic mass is 19.1. The molecule has 0 radical (unpaired) electrons. The zero-order chi connectivity index (χ0) is 16.8. The molecule has 1 fully saturated rings. The number of halogens is 1. The van der Waals surface area contributed by atoms with Crippen LogP contribution in [0.1, 0.15) is 0 Å². The van der Waals surface area contributed by atoms with Gasteiger partial charge in [0.1, 0.15) is 24.3 Å². The zero-order valence-electron chi connectivity index (χ0n) is 13.4. The molecule has 6 nitrogen and oxygen atoms in total. The Morgan fingerprint density at radius 3 is 2.42 bits per heavy atom. The molecule has 24 heavy (non-hydrogen) atoms. The molecule has 128 valence electrons. The number of β-amino-alcohol motifs (C(OH)–C–C–N with tert-alkyl or cyclic N) is 1. The van der Waals surface area contributed by atoms with Gasteiger partial charge in [0.2, 0.25) is 5.95 Å². The molecule has 0 aliphatic carbocycles. The maximum absolute atomic E-state index is 12.8. The number of ether oxygens (including phenoxy) is 1. The van der Waals surface area contributed by atoms with E-state index in [1.165, 1.54) is 12.1 Å². The van der Waals surface area contributed by atoms with Gasteiger partial charge in [-0.2, -0.15) is 0 Å². The van der Waals surface area contributed by atoms with E-state index in [2.05, 4.69) is 19.8 Å². The number of aromatic nitrogens is 2. The highest BCUT2D eigenvalue weighted by Gasteiger charge is 2.20. The highest BCUT2D eigenvalue weighted by molar-refractivity contribution is 5.29. The minimum absolute atomic E-state index is 0.188. The summed E-state index contributed by atoms with van der Waals surface area (Å²) >= 11 is 0. The monoisotopic (exact) mass is 332 g/mol. The van der Waals surface area contributed by atoms with Crippen molar-refractivity contribution >= 4 is 5.95 Å². The van der Waals surface area contributed by atoms with Crippen molar-refractivity contribution in [3.8, 4) is 5.75 Å². The first-order chi connectivity index (χ1) is 11.7. The number of aliphatic hydroxyl groups excluding tert-OH is 1. The fourth-order valence-electron chi connectivity index (χ4n) is 2.66. The molecule has 2 heterocycles.